The highest BCUT2D eigenvalue weighted by molar-refractivity contribution is 6.30. The summed E-state index contributed by atoms with van der Waals surface area (Å²) in [5.41, 5.74) is 1.57. The molecule has 2 aliphatic heterocycles. The molecule has 2 aromatic carbocycles. The van der Waals surface area contributed by atoms with Gasteiger partial charge >= 0.3 is 6.09 Å². The van der Waals surface area contributed by atoms with E-state index >= 15 is 0 Å². The summed E-state index contributed by atoms with van der Waals surface area (Å²) in [6.45, 7) is 4.01. The number of rotatable bonds is 6. The normalized spacial score (nSPS) is 18.1. The van der Waals surface area contributed by atoms with Crippen LogP contribution in [0.25, 0.3) is 0 Å². The van der Waals surface area contributed by atoms with E-state index in [0.717, 1.165) is 11.1 Å². The van der Waals surface area contributed by atoms with E-state index < -0.39 is 17.7 Å². The third-order valence-electron chi connectivity index (χ3n) is 7.10. The maximum Gasteiger partial charge on any atom is 0.412 e. The quantitative estimate of drug-likeness (QED) is 0.592. The lowest BCUT2D eigenvalue weighted by Gasteiger charge is -2.32. The summed E-state index contributed by atoms with van der Waals surface area (Å²) in [7, 11) is 0. The Morgan fingerprint density at radius 1 is 1.03 bits per heavy atom. The zero-order valence-electron chi connectivity index (χ0n) is 20.6. The summed E-state index contributed by atoms with van der Waals surface area (Å²) < 4.78 is 32.6. The van der Waals surface area contributed by atoms with Crippen LogP contribution in [0.3, 0.4) is 0 Å². The van der Waals surface area contributed by atoms with Gasteiger partial charge < -0.3 is 19.9 Å². The van der Waals surface area contributed by atoms with Gasteiger partial charge in [0.25, 0.3) is 0 Å². The molecule has 2 heterocycles. The van der Waals surface area contributed by atoms with Crippen LogP contribution < -0.4 is 10.1 Å². The fourth-order valence-electron chi connectivity index (χ4n) is 5.06. The molecule has 0 saturated carbocycles. The van der Waals surface area contributed by atoms with E-state index in [1.165, 1.54) is 30.3 Å². The van der Waals surface area contributed by atoms with Gasteiger partial charge in [0.05, 0.1) is 5.02 Å². The van der Waals surface area contributed by atoms with Crippen LogP contribution in [0.1, 0.15) is 43.2 Å². The molecule has 2 saturated heterocycles. The second-order valence-electron chi connectivity index (χ2n) is 9.54. The van der Waals surface area contributed by atoms with Crippen molar-refractivity contribution in [2.24, 2.45) is 5.92 Å². The monoisotopic (exact) mass is 533 g/mol. The second kappa shape index (κ2) is 11.9. The van der Waals surface area contributed by atoms with Crippen molar-refractivity contribution in [1.82, 2.24) is 15.1 Å². The van der Waals surface area contributed by atoms with Crippen LogP contribution in [0.15, 0.2) is 36.4 Å². The topological polar surface area (TPSA) is 79.0 Å². The Hall–Kier alpha value is -3.20. The largest absolute Gasteiger partial charge is 0.412 e. The Morgan fingerprint density at radius 3 is 2.38 bits per heavy atom. The Bertz CT molecular complexity index is 1150. The lowest BCUT2D eigenvalue weighted by Crippen LogP contribution is -2.43. The number of piperidine rings is 1. The van der Waals surface area contributed by atoms with Crippen molar-refractivity contribution >= 4 is 29.5 Å². The third kappa shape index (κ3) is 6.77. The molecule has 1 unspecified atom stereocenters. The predicted molar refractivity (Wildman–Crippen MR) is 134 cm³/mol. The standard InChI is InChI=1S/C27H30ClF2N3O4/c1-17(34)32-11-7-18(8-12-32)26(35)33-13-9-20(16-33)23-15-25(30)24(28)14-19(23)6-10-31-27(36)37-22-4-2-21(29)3-5-22/h2-5,14-15,18,20H,6-13,16H2,1H3,(H,31,36). The molecule has 0 radical (unpaired) electrons. The molecule has 0 aliphatic carbocycles. The number of nitrogens with zero attached hydrogens (tertiary/aromatic N) is 2. The predicted octanol–water partition coefficient (Wildman–Crippen LogP) is 4.52. The van der Waals surface area contributed by atoms with E-state index in [1.807, 2.05) is 4.90 Å². The summed E-state index contributed by atoms with van der Waals surface area (Å²) >= 11 is 6.06. The zero-order chi connectivity index (χ0) is 26.5. The van der Waals surface area contributed by atoms with Crippen molar-refractivity contribution < 1.29 is 27.9 Å². The number of likely N-dealkylation sites (tertiary alicyclic amines) is 2. The molecule has 3 amide bonds. The van der Waals surface area contributed by atoms with Crippen LogP contribution in [0.2, 0.25) is 5.02 Å². The van der Waals surface area contributed by atoms with Gasteiger partial charge in [-0.05, 0) is 73.2 Å². The number of halogens is 3. The van der Waals surface area contributed by atoms with Crippen molar-refractivity contribution in [2.45, 2.75) is 38.5 Å². The number of amides is 3. The number of nitrogens with one attached hydrogen (secondary N) is 1. The first kappa shape index (κ1) is 26.9. The van der Waals surface area contributed by atoms with Crippen LogP contribution in [0.5, 0.6) is 5.75 Å². The molecule has 198 valence electrons. The maximum atomic E-state index is 14.4. The van der Waals surface area contributed by atoms with E-state index in [0.29, 0.717) is 51.9 Å². The molecule has 1 atom stereocenters. The Balaban J connectivity index is 1.35. The lowest BCUT2D eigenvalue weighted by atomic mass is 9.91. The highest BCUT2D eigenvalue weighted by atomic mass is 35.5. The van der Waals surface area contributed by atoms with Gasteiger partial charge in [-0.2, -0.15) is 0 Å². The smallest absolute Gasteiger partial charge is 0.410 e. The Morgan fingerprint density at radius 2 is 1.70 bits per heavy atom. The zero-order valence-corrected chi connectivity index (χ0v) is 21.4. The van der Waals surface area contributed by atoms with Gasteiger partial charge in [0, 0.05) is 51.5 Å². The van der Waals surface area contributed by atoms with Gasteiger partial charge in [-0.1, -0.05) is 11.6 Å². The summed E-state index contributed by atoms with van der Waals surface area (Å²) in [5.74, 6) is -0.771. The Labute approximate surface area is 219 Å². The minimum atomic E-state index is -0.685. The van der Waals surface area contributed by atoms with Gasteiger partial charge in [0.2, 0.25) is 11.8 Å². The molecule has 1 N–H and O–H groups in total. The molecule has 0 bridgehead atoms. The third-order valence-corrected chi connectivity index (χ3v) is 7.39. The molecule has 2 fully saturated rings. The maximum absolute atomic E-state index is 14.4. The summed E-state index contributed by atoms with van der Waals surface area (Å²) in [4.78, 5) is 40.4. The molecule has 7 nitrogen and oxygen atoms in total. The molecular formula is C27H30ClF2N3O4. The van der Waals surface area contributed by atoms with Crippen molar-refractivity contribution in [3.8, 4) is 5.75 Å². The van der Waals surface area contributed by atoms with Crippen molar-refractivity contribution in [3.05, 3.63) is 64.2 Å². The van der Waals surface area contributed by atoms with Crippen LogP contribution in [-0.4, -0.2) is 60.4 Å². The van der Waals surface area contributed by atoms with Crippen molar-refractivity contribution in [1.29, 1.82) is 0 Å². The number of hydrogen-bond acceptors (Lipinski definition) is 4. The average Bonchev–Trinajstić information content (AvgIpc) is 3.37. The van der Waals surface area contributed by atoms with E-state index in [-0.39, 0.29) is 41.0 Å². The molecule has 10 heteroatoms. The van der Waals surface area contributed by atoms with E-state index in [9.17, 15) is 23.2 Å². The first-order chi connectivity index (χ1) is 17.7. The highest BCUT2D eigenvalue weighted by Crippen LogP contribution is 2.34. The van der Waals surface area contributed by atoms with Gasteiger partial charge in [-0.3, -0.25) is 9.59 Å². The van der Waals surface area contributed by atoms with Gasteiger partial charge in [0.15, 0.2) is 0 Å². The van der Waals surface area contributed by atoms with Gasteiger partial charge in [-0.25, -0.2) is 13.6 Å². The molecule has 2 aromatic rings. The number of ether oxygens (including phenoxy) is 1. The number of hydrogen-bond donors (Lipinski definition) is 1. The van der Waals surface area contributed by atoms with Crippen LogP contribution >= 0.6 is 11.6 Å². The van der Waals surface area contributed by atoms with Crippen molar-refractivity contribution in [3.63, 3.8) is 0 Å². The molecule has 0 spiro atoms. The SMILES string of the molecule is CC(=O)N1CCC(C(=O)N2CCC(c3cc(F)c(Cl)cc3CCNC(=O)Oc3ccc(F)cc3)C2)CC1. The van der Waals surface area contributed by atoms with E-state index in [4.69, 9.17) is 16.3 Å². The molecular weight excluding hydrogens is 504 g/mol. The minimum absolute atomic E-state index is 0.00389. The summed E-state index contributed by atoms with van der Waals surface area (Å²) in [5, 5.41) is 2.64. The number of benzene rings is 2. The lowest BCUT2D eigenvalue weighted by molar-refractivity contribution is -0.139. The fraction of sp³-hybridized carbons (Fsp3) is 0.444. The minimum Gasteiger partial charge on any atom is -0.410 e. The average molecular weight is 534 g/mol. The van der Waals surface area contributed by atoms with Crippen LogP contribution in [-0.2, 0) is 16.0 Å². The molecule has 0 aromatic heterocycles. The van der Waals surface area contributed by atoms with Gasteiger partial charge in [0.1, 0.15) is 17.4 Å². The number of carbonyl (C=O) groups excluding carboxylic acids is 3. The van der Waals surface area contributed by atoms with Crippen LogP contribution in [0.4, 0.5) is 13.6 Å². The molecule has 4 rings (SSSR count). The molecule has 37 heavy (non-hydrogen) atoms. The highest BCUT2D eigenvalue weighted by Gasteiger charge is 2.34. The first-order valence-corrected chi connectivity index (χ1v) is 12.8. The van der Waals surface area contributed by atoms with Crippen LogP contribution in [0, 0.1) is 17.6 Å². The Kier molecular flexibility index (Phi) is 8.63. The summed E-state index contributed by atoms with van der Waals surface area (Å²) in [6.07, 6.45) is 1.71. The van der Waals surface area contributed by atoms with Crippen molar-refractivity contribution in [2.75, 3.05) is 32.7 Å². The molecule has 2 aliphatic rings. The first-order valence-electron chi connectivity index (χ1n) is 12.4. The summed E-state index contributed by atoms with van der Waals surface area (Å²) in [6, 6.07) is 8.10. The van der Waals surface area contributed by atoms with Gasteiger partial charge in [-0.15, -0.1) is 0 Å². The second-order valence-corrected chi connectivity index (χ2v) is 9.94. The van der Waals surface area contributed by atoms with E-state index in [1.54, 1.807) is 17.9 Å². The number of carbonyl (C=O) groups is 3. The van der Waals surface area contributed by atoms with E-state index in [2.05, 4.69) is 5.32 Å². The fourth-order valence-corrected chi connectivity index (χ4v) is 5.25.